The minimum Gasteiger partial charge on any atom is -0.467 e. The van der Waals surface area contributed by atoms with Gasteiger partial charge in [0.2, 0.25) is 5.91 Å². The van der Waals surface area contributed by atoms with E-state index in [1.165, 1.54) is 6.08 Å². The molecule has 1 amide bonds. The van der Waals surface area contributed by atoms with Gasteiger partial charge in [-0.3, -0.25) is 4.79 Å². The smallest absolute Gasteiger partial charge is 0.244 e. The summed E-state index contributed by atoms with van der Waals surface area (Å²) in [6, 6.07) is 13.3. The zero-order valence-corrected chi connectivity index (χ0v) is 12.3. The molecule has 2 aromatic heterocycles. The van der Waals surface area contributed by atoms with Crippen LogP contribution in [0.25, 0.3) is 17.5 Å². The van der Waals surface area contributed by atoms with Crippen molar-refractivity contribution in [2.75, 3.05) is 0 Å². The number of carbonyl (C=O) groups is 1. The van der Waals surface area contributed by atoms with E-state index in [0.717, 1.165) is 11.1 Å². The van der Waals surface area contributed by atoms with Crippen molar-refractivity contribution >= 4 is 12.0 Å². The molecule has 0 radical (unpaired) electrons. The first-order valence-electron chi connectivity index (χ1n) is 7.17. The first kappa shape index (κ1) is 14.7. The molecular formula is C18H15N3O2. The third-order valence-corrected chi connectivity index (χ3v) is 3.15. The number of hydrogen-bond acceptors (Lipinski definition) is 4. The van der Waals surface area contributed by atoms with Gasteiger partial charge < -0.3 is 9.73 Å². The Morgan fingerprint density at radius 3 is 2.57 bits per heavy atom. The lowest BCUT2D eigenvalue weighted by Crippen LogP contribution is -2.19. The molecule has 114 valence electrons. The highest BCUT2D eigenvalue weighted by Crippen LogP contribution is 2.13. The fraction of sp³-hybridized carbons (Fsp3) is 0.0556. The zero-order valence-electron chi connectivity index (χ0n) is 12.3. The van der Waals surface area contributed by atoms with Gasteiger partial charge in [0.05, 0.1) is 12.8 Å². The summed E-state index contributed by atoms with van der Waals surface area (Å²) in [5, 5.41) is 2.73. The van der Waals surface area contributed by atoms with Gasteiger partial charge in [-0.1, -0.05) is 30.3 Å². The summed E-state index contributed by atoms with van der Waals surface area (Å²) in [5.41, 5.74) is 1.72. The minimum absolute atomic E-state index is 0.200. The second kappa shape index (κ2) is 7.17. The Kier molecular flexibility index (Phi) is 4.59. The van der Waals surface area contributed by atoms with Gasteiger partial charge in [0.15, 0.2) is 5.82 Å². The van der Waals surface area contributed by atoms with Crippen LogP contribution >= 0.6 is 0 Å². The number of rotatable bonds is 5. The Balaban J connectivity index is 1.58. The van der Waals surface area contributed by atoms with E-state index in [0.29, 0.717) is 18.1 Å². The van der Waals surface area contributed by atoms with E-state index in [2.05, 4.69) is 15.3 Å². The van der Waals surface area contributed by atoms with Gasteiger partial charge in [0.25, 0.3) is 0 Å². The Bertz CT molecular complexity index is 779. The molecule has 0 saturated heterocycles. The molecular weight excluding hydrogens is 290 g/mol. The number of benzene rings is 1. The number of hydrogen-bond donors (Lipinski definition) is 1. The van der Waals surface area contributed by atoms with E-state index in [4.69, 9.17) is 4.42 Å². The quantitative estimate of drug-likeness (QED) is 0.736. The molecule has 0 atom stereocenters. The van der Waals surface area contributed by atoms with Gasteiger partial charge in [-0.05, 0) is 18.2 Å². The minimum atomic E-state index is -0.200. The summed E-state index contributed by atoms with van der Waals surface area (Å²) >= 11 is 0. The summed E-state index contributed by atoms with van der Waals surface area (Å²) in [4.78, 5) is 20.3. The molecule has 5 nitrogen and oxygen atoms in total. The molecule has 0 aliphatic rings. The maximum Gasteiger partial charge on any atom is 0.244 e. The summed E-state index contributed by atoms with van der Waals surface area (Å²) in [6.07, 6.45) is 8.07. The van der Waals surface area contributed by atoms with E-state index in [9.17, 15) is 4.79 Å². The summed E-state index contributed by atoms with van der Waals surface area (Å²) in [5.74, 6) is 1.17. The van der Waals surface area contributed by atoms with Crippen LogP contribution in [0.5, 0.6) is 0 Å². The normalized spacial score (nSPS) is 10.8. The van der Waals surface area contributed by atoms with Crippen LogP contribution in [0.1, 0.15) is 11.3 Å². The Morgan fingerprint density at radius 2 is 1.87 bits per heavy atom. The standard InChI is InChI=1S/C18H15N3O2/c22-17(19-13-16-7-4-10-23-16)9-8-14-11-20-18(21-12-14)15-5-2-1-3-6-15/h1-12H,13H2,(H,19,22). The molecule has 0 fully saturated rings. The van der Waals surface area contributed by atoms with Crippen LogP contribution in [0.15, 0.2) is 71.6 Å². The van der Waals surface area contributed by atoms with Crippen molar-refractivity contribution in [3.05, 3.63) is 78.5 Å². The molecule has 5 heteroatoms. The average molecular weight is 305 g/mol. The third kappa shape index (κ3) is 4.14. The molecule has 0 aliphatic heterocycles. The van der Waals surface area contributed by atoms with Gasteiger partial charge >= 0.3 is 0 Å². The zero-order chi connectivity index (χ0) is 15.9. The van der Waals surface area contributed by atoms with Crippen molar-refractivity contribution in [1.82, 2.24) is 15.3 Å². The van der Waals surface area contributed by atoms with Gasteiger partial charge in [-0.2, -0.15) is 0 Å². The Labute approximate surface area is 133 Å². The molecule has 0 unspecified atom stereocenters. The topological polar surface area (TPSA) is 68.0 Å². The van der Waals surface area contributed by atoms with Crippen LogP contribution in [0, 0.1) is 0 Å². The fourth-order valence-electron chi connectivity index (χ4n) is 1.98. The van der Waals surface area contributed by atoms with Crippen molar-refractivity contribution in [3.8, 4) is 11.4 Å². The Hall–Kier alpha value is -3.21. The molecule has 0 saturated carbocycles. The lowest BCUT2D eigenvalue weighted by atomic mass is 10.2. The molecule has 3 rings (SSSR count). The van der Waals surface area contributed by atoms with Crippen LogP contribution in [0.3, 0.4) is 0 Å². The lowest BCUT2D eigenvalue weighted by Gasteiger charge is -2.00. The van der Waals surface area contributed by atoms with E-state index in [1.54, 1.807) is 36.9 Å². The van der Waals surface area contributed by atoms with Crippen molar-refractivity contribution in [2.24, 2.45) is 0 Å². The molecule has 1 N–H and O–H groups in total. The predicted octanol–water partition coefficient (Wildman–Crippen LogP) is 3.07. The lowest BCUT2D eigenvalue weighted by molar-refractivity contribution is -0.116. The monoisotopic (exact) mass is 305 g/mol. The first-order valence-corrected chi connectivity index (χ1v) is 7.17. The van der Waals surface area contributed by atoms with Crippen LogP contribution < -0.4 is 5.32 Å². The van der Waals surface area contributed by atoms with E-state index < -0.39 is 0 Å². The summed E-state index contributed by atoms with van der Waals surface area (Å²) in [6.45, 7) is 0.361. The van der Waals surface area contributed by atoms with Gasteiger partial charge in [0, 0.05) is 29.6 Å². The van der Waals surface area contributed by atoms with Gasteiger partial charge in [-0.15, -0.1) is 0 Å². The second-order valence-electron chi connectivity index (χ2n) is 4.84. The number of amides is 1. The van der Waals surface area contributed by atoms with E-state index in [1.807, 2.05) is 30.3 Å². The number of furan rings is 1. The van der Waals surface area contributed by atoms with Crippen LogP contribution in [0.4, 0.5) is 0 Å². The van der Waals surface area contributed by atoms with Crippen LogP contribution in [-0.2, 0) is 11.3 Å². The Morgan fingerprint density at radius 1 is 1.09 bits per heavy atom. The highest BCUT2D eigenvalue weighted by atomic mass is 16.3. The predicted molar refractivity (Wildman–Crippen MR) is 87.1 cm³/mol. The third-order valence-electron chi connectivity index (χ3n) is 3.15. The summed E-state index contributed by atoms with van der Waals surface area (Å²) in [7, 11) is 0. The number of nitrogens with one attached hydrogen (secondary N) is 1. The number of nitrogens with zero attached hydrogens (tertiary/aromatic N) is 2. The molecule has 1 aromatic carbocycles. The van der Waals surface area contributed by atoms with Gasteiger partial charge in [0.1, 0.15) is 5.76 Å². The van der Waals surface area contributed by atoms with E-state index >= 15 is 0 Å². The maximum atomic E-state index is 11.7. The largest absolute Gasteiger partial charge is 0.467 e. The van der Waals surface area contributed by atoms with Crippen molar-refractivity contribution in [2.45, 2.75) is 6.54 Å². The molecule has 0 aliphatic carbocycles. The molecule has 0 bridgehead atoms. The fourth-order valence-corrected chi connectivity index (χ4v) is 1.98. The highest BCUT2D eigenvalue weighted by Gasteiger charge is 2.01. The second-order valence-corrected chi connectivity index (χ2v) is 4.84. The maximum absolute atomic E-state index is 11.7. The molecule has 0 spiro atoms. The highest BCUT2D eigenvalue weighted by molar-refractivity contribution is 5.91. The van der Waals surface area contributed by atoms with Gasteiger partial charge in [-0.25, -0.2) is 9.97 Å². The SMILES string of the molecule is O=C(C=Cc1cnc(-c2ccccc2)nc1)NCc1ccco1. The number of carbonyl (C=O) groups excluding carboxylic acids is 1. The number of aromatic nitrogens is 2. The molecule has 23 heavy (non-hydrogen) atoms. The van der Waals surface area contributed by atoms with Crippen LogP contribution in [0.2, 0.25) is 0 Å². The van der Waals surface area contributed by atoms with Crippen molar-refractivity contribution in [1.29, 1.82) is 0 Å². The van der Waals surface area contributed by atoms with Crippen molar-refractivity contribution < 1.29 is 9.21 Å². The van der Waals surface area contributed by atoms with E-state index in [-0.39, 0.29) is 5.91 Å². The van der Waals surface area contributed by atoms with Crippen LogP contribution in [-0.4, -0.2) is 15.9 Å². The molecule has 3 aromatic rings. The molecule has 2 heterocycles. The first-order chi connectivity index (χ1) is 11.3. The average Bonchev–Trinajstić information content (AvgIpc) is 3.13. The summed E-state index contributed by atoms with van der Waals surface area (Å²) < 4.78 is 5.14. The van der Waals surface area contributed by atoms with Crippen molar-refractivity contribution in [3.63, 3.8) is 0 Å².